The highest BCUT2D eigenvalue weighted by molar-refractivity contribution is 7.80. The molecule has 3 nitrogen and oxygen atoms in total. The van der Waals surface area contributed by atoms with Crippen LogP contribution in [0, 0.1) is 0 Å². The lowest BCUT2D eigenvalue weighted by atomic mass is 10.3. The summed E-state index contributed by atoms with van der Waals surface area (Å²) < 4.78 is 5.09. The molecule has 2 aromatic rings. The van der Waals surface area contributed by atoms with Crippen LogP contribution in [0.25, 0.3) is 11.1 Å². The van der Waals surface area contributed by atoms with Crippen LogP contribution < -0.4 is 0 Å². The molecule has 0 aliphatic carbocycles. The van der Waals surface area contributed by atoms with E-state index >= 15 is 0 Å². The fraction of sp³-hybridized carbons (Fsp3) is 0. The third-order valence-electron chi connectivity index (χ3n) is 1.57. The Bertz CT molecular complexity index is 436. The number of hydrogen-bond acceptors (Lipinski definition) is 4. The summed E-state index contributed by atoms with van der Waals surface area (Å²) in [6.07, 6.45) is 2.23. The first-order valence-electron chi connectivity index (χ1n) is 3.34. The van der Waals surface area contributed by atoms with Crippen LogP contribution in [0.4, 0.5) is 0 Å². The van der Waals surface area contributed by atoms with E-state index in [1.807, 2.05) is 0 Å². The van der Waals surface area contributed by atoms with E-state index in [4.69, 9.17) is 4.42 Å². The molecule has 0 fully saturated rings. The number of pyridine rings is 1. The second-order valence-corrected chi connectivity index (χ2v) is 2.74. The lowest BCUT2D eigenvalue weighted by Gasteiger charge is -1.83. The van der Waals surface area contributed by atoms with Gasteiger partial charge in [-0.25, -0.2) is 4.98 Å². The molecule has 12 heavy (non-hydrogen) atoms. The third kappa shape index (κ3) is 0.921. The third-order valence-corrected chi connectivity index (χ3v) is 2.03. The van der Waals surface area contributed by atoms with E-state index in [9.17, 15) is 4.79 Å². The molecule has 0 aliphatic rings. The van der Waals surface area contributed by atoms with Crippen LogP contribution in [-0.2, 0) is 0 Å². The van der Waals surface area contributed by atoms with E-state index in [1.165, 1.54) is 0 Å². The predicted octanol–water partition coefficient (Wildman–Crippen LogP) is 1.93. The van der Waals surface area contributed by atoms with Gasteiger partial charge < -0.3 is 4.42 Å². The fourth-order valence-corrected chi connectivity index (χ4v) is 1.29. The number of thiol groups is 1. The Morgan fingerprint density at radius 2 is 2.42 bits per heavy atom. The van der Waals surface area contributed by atoms with E-state index in [2.05, 4.69) is 17.6 Å². The monoisotopic (exact) mass is 179 g/mol. The Kier molecular flexibility index (Phi) is 1.62. The smallest absolute Gasteiger partial charge is 0.227 e. The van der Waals surface area contributed by atoms with Crippen LogP contribution in [-0.4, -0.2) is 11.3 Å². The van der Waals surface area contributed by atoms with E-state index < -0.39 is 0 Å². The van der Waals surface area contributed by atoms with Crippen molar-refractivity contribution in [2.75, 3.05) is 0 Å². The molecule has 0 unspecified atom stereocenters. The second kappa shape index (κ2) is 2.64. The van der Waals surface area contributed by atoms with Crippen molar-refractivity contribution in [1.82, 2.24) is 4.98 Å². The minimum Gasteiger partial charge on any atom is -0.434 e. The Morgan fingerprint density at radius 1 is 1.58 bits per heavy atom. The lowest BCUT2D eigenvalue weighted by Crippen LogP contribution is -1.72. The first kappa shape index (κ1) is 7.36. The molecule has 0 radical (unpaired) electrons. The first-order chi connectivity index (χ1) is 5.83. The van der Waals surface area contributed by atoms with Gasteiger partial charge in [0.25, 0.3) is 0 Å². The minimum absolute atomic E-state index is 0.229. The van der Waals surface area contributed by atoms with E-state index in [0.29, 0.717) is 16.9 Å². The van der Waals surface area contributed by atoms with Crippen LogP contribution in [0.2, 0.25) is 0 Å². The largest absolute Gasteiger partial charge is 0.434 e. The SMILES string of the molecule is O=Cc1oc2ncccc2c1S. The number of carbonyl (C=O) groups is 1. The van der Waals surface area contributed by atoms with Gasteiger partial charge in [0.15, 0.2) is 12.0 Å². The molecule has 0 N–H and O–H groups in total. The van der Waals surface area contributed by atoms with Gasteiger partial charge in [-0.1, -0.05) is 0 Å². The molecule has 0 spiro atoms. The van der Waals surface area contributed by atoms with Crippen LogP contribution in [0.5, 0.6) is 0 Å². The van der Waals surface area contributed by atoms with Crippen molar-refractivity contribution in [1.29, 1.82) is 0 Å². The number of aromatic nitrogens is 1. The molecule has 4 heteroatoms. The van der Waals surface area contributed by atoms with Crippen molar-refractivity contribution in [3.8, 4) is 0 Å². The van der Waals surface area contributed by atoms with Gasteiger partial charge in [0.2, 0.25) is 5.71 Å². The second-order valence-electron chi connectivity index (χ2n) is 2.29. The number of fused-ring (bicyclic) bond motifs is 1. The summed E-state index contributed by atoms with van der Waals surface area (Å²) in [7, 11) is 0. The quantitative estimate of drug-likeness (QED) is 0.537. The van der Waals surface area contributed by atoms with E-state index in [0.717, 1.165) is 5.39 Å². The maximum atomic E-state index is 10.4. The van der Waals surface area contributed by atoms with Gasteiger partial charge in [-0.05, 0) is 12.1 Å². The number of rotatable bonds is 1. The van der Waals surface area contributed by atoms with Crippen molar-refractivity contribution in [3.05, 3.63) is 24.1 Å². The Morgan fingerprint density at radius 3 is 3.08 bits per heavy atom. The fourth-order valence-electron chi connectivity index (χ4n) is 1.02. The normalized spacial score (nSPS) is 10.4. The zero-order valence-electron chi connectivity index (χ0n) is 6.02. The molecule has 0 aromatic carbocycles. The van der Waals surface area contributed by atoms with Crippen LogP contribution in [0.15, 0.2) is 27.6 Å². The highest BCUT2D eigenvalue weighted by atomic mass is 32.1. The summed E-state index contributed by atoms with van der Waals surface area (Å²) in [6.45, 7) is 0. The van der Waals surface area contributed by atoms with Crippen molar-refractivity contribution in [2.24, 2.45) is 0 Å². The maximum absolute atomic E-state index is 10.4. The van der Waals surface area contributed by atoms with Gasteiger partial charge in [0.1, 0.15) is 0 Å². The van der Waals surface area contributed by atoms with E-state index in [1.54, 1.807) is 18.3 Å². The summed E-state index contributed by atoms with van der Waals surface area (Å²) in [5.74, 6) is 0.229. The van der Waals surface area contributed by atoms with Crippen molar-refractivity contribution in [2.45, 2.75) is 4.90 Å². The molecule has 0 atom stereocenters. The van der Waals surface area contributed by atoms with Gasteiger partial charge >= 0.3 is 0 Å². The number of carbonyl (C=O) groups excluding carboxylic acids is 1. The van der Waals surface area contributed by atoms with Crippen LogP contribution in [0.3, 0.4) is 0 Å². The summed E-state index contributed by atoms with van der Waals surface area (Å²) in [6, 6.07) is 3.58. The molecular weight excluding hydrogens is 174 g/mol. The molecule has 0 aliphatic heterocycles. The number of hydrogen-bond donors (Lipinski definition) is 1. The minimum atomic E-state index is 0.229. The molecule has 0 amide bonds. The molecular formula is C8H5NO2S. The van der Waals surface area contributed by atoms with Crippen molar-refractivity contribution >= 4 is 30.0 Å². The Balaban J connectivity index is 2.87. The van der Waals surface area contributed by atoms with Gasteiger partial charge in [0.05, 0.1) is 10.3 Å². The molecule has 2 heterocycles. The van der Waals surface area contributed by atoms with Crippen molar-refractivity contribution in [3.63, 3.8) is 0 Å². The summed E-state index contributed by atoms with van der Waals surface area (Å²) in [5, 5.41) is 0.767. The molecule has 0 saturated heterocycles. The van der Waals surface area contributed by atoms with Gasteiger partial charge in [0, 0.05) is 6.20 Å². The molecule has 60 valence electrons. The highest BCUT2D eigenvalue weighted by Gasteiger charge is 2.09. The molecule has 2 rings (SSSR count). The number of nitrogens with zero attached hydrogens (tertiary/aromatic N) is 1. The summed E-state index contributed by atoms with van der Waals surface area (Å²) >= 11 is 4.13. The molecule has 0 bridgehead atoms. The predicted molar refractivity (Wildman–Crippen MR) is 46.6 cm³/mol. The average molecular weight is 179 g/mol. The lowest BCUT2D eigenvalue weighted by molar-refractivity contribution is 0.109. The number of furan rings is 1. The summed E-state index contributed by atoms with van der Waals surface area (Å²) in [5.41, 5.74) is 0.449. The Hall–Kier alpha value is -1.29. The number of aldehydes is 1. The van der Waals surface area contributed by atoms with Crippen molar-refractivity contribution < 1.29 is 9.21 Å². The zero-order valence-corrected chi connectivity index (χ0v) is 6.91. The first-order valence-corrected chi connectivity index (χ1v) is 3.79. The van der Waals surface area contributed by atoms with Crippen LogP contribution >= 0.6 is 12.6 Å². The maximum Gasteiger partial charge on any atom is 0.227 e. The highest BCUT2D eigenvalue weighted by Crippen LogP contribution is 2.25. The van der Waals surface area contributed by atoms with Crippen LogP contribution in [0.1, 0.15) is 10.6 Å². The van der Waals surface area contributed by atoms with Gasteiger partial charge in [-0.15, -0.1) is 12.6 Å². The topological polar surface area (TPSA) is 43.1 Å². The van der Waals surface area contributed by atoms with Gasteiger partial charge in [-0.2, -0.15) is 0 Å². The molecule has 2 aromatic heterocycles. The zero-order chi connectivity index (χ0) is 8.55. The van der Waals surface area contributed by atoms with Gasteiger partial charge in [-0.3, -0.25) is 4.79 Å². The Labute approximate surface area is 73.8 Å². The molecule has 0 saturated carbocycles. The van der Waals surface area contributed by atoms with E-state index in [-0.39, 0.29) is 5.76 Å². The average Bonchev–Trinajstić information content (AvgIpc) is 2.44. The summed E-state index contributed by atoms with van der Waals surface area (Å²) in [4.78, 5) is 14.9. The standard InChI is InChI=1S/C8H5NO2S/c10-4-6-7(12)5-2-1-3-9-8(5)11-6/h1-4,12H.